The Labute approximate surface area is 196 Å². The van der Waals surface area contributed by atoms with Gasteiger partial charge in [-0.1, -0.05) is 48.5 Å². The monoisotopic (exact) mass is 476 g/mol. The number of para-hydroxylation sites is 1. The molecule has 1 saturated heterocycles. The summed E-state index contributed by atoms with van der Waals surface area (Å²) in [6, 6.07) is 12.0. The van der Waals surface area contributed by atoms with E-state index in [1.165, 1.54) is 23.1 Å². The third-order valence-corrected chi connectivity index (χ3v) is 6.25. The molecule has 1 heterocycles. The number of hydrogen-bond acceptors (Lipinski definition) is 7. The van der Waals surface area contributed by atoms with E-state index in [0.29, 0.717) is 17.4 Å². The number of thioether (sulfide) groups is 1. The van der Waals surface area contributed by atoms with Crippen molar-refractivity contribution in [3.63, 3.8) is 0 Å². The zero-order valence-corrected chi connectivity index (χ0v) is 19.4. The van der Waals surface area contributed by atoms with E-state index in [2.05, 4.69) is 4.99 Å². The fourth-order valence-corrected chi connectivity index (χ4v) is 4.45. The number of nitrogens with zero attached hydrogens (tertiary/aromatic N) is 2. The van der Waals surface area contributed by atoms with Gasteiger partial charge in [0.1, 0.15) is 18.5 Å². The number of anilines is 1. The second kappa shape index (κ2) is 11.0. The normalized spacial score (nSPS) is 18.3. The van der Waals surface area contributed by atoms with Crippen LogP contribution in [-0.4, -0.2) is 58.2 Å². The van der Waals surface area contributed by atoms with Crippen LogP contribution in [0.25, 0.3) is 0 Å². The average molecular weight is 477 g/mol. The van der Waals surface area contributed by atoms with Crippen molar-refractivity contribution >= 4 is 45.9 Å². The van der Waals surface area contributed by atoms with E-state index < -0.39 is 18.0 Å². The topological polar surface area (TPSA) is 99.4 Å². The first kappa shape index (κ1) is 24.3. The number of rotatable bonds is 9. The lowest BCUT2D eigenvalue weighted by atomic mass is 10.1. The minimum absolute atomic E-state index is 0.136. The van der Waals surface area contributed by atoms with Gasteiger partial charge in [-0.05, 0) is 43.2 Å². The number of aliphatic hydroxyl groups excluding tert-OH is 2. The Morgan fingerprint density at radius 3 is 2.72 bits per heavy atom. The molecule has 2 aromatic carbocycles. The summed E-state index contributed by atoms with van der Waals surface area (Å²) in [6.45, 7) is 3.89. The van der Waals surface area contributed by atoms with E-state index in [0.717, 1.165) is 23.7 Å². The molecule has 0 bridgehead atoms. The van der Waals surface area contributed by atoms with Crippen LogP contribution in [0.5, 0.6) is 5.75 Å². The van der Waals surface area contributed by atoms with Gasteiger partial charge in [-0.25, -0.2) is 0 Å². The van der Waals surface area contributed by atoms with Crippen LogP contribution in [-0.2, 0) is 4.79 Å². The molecule has 1 aliphatic rings. The lowest BCUT2D eigenvalue weighted by Crippen LogP contribution is -2.35. The Bertz CT molecular complexity index is 1030. The number of halogens is 1. The molecule has 1 amide bonds. The van der Waals surface area contributed by atoms with Crippen LogP contribution in [0.2, 0.25) is 5.02 Å². The molecule has 32 heavy (non-hydrogen) atoms. The van der Waals surface area contributed by atoms with Crippen LogP contribution >= 0.6 is 23.4 Å². The van der Waals surface area contributed by atoms with Gasteiger partial charge in [0.2, 0.25) is 0 Å². The van der Waals surface area contributed by atoms with Crippen LogP contribution < -0.4 is 9.64 Å². The summed E-state index contributed by atoms with van der Waals surface area (Å²) in [7, 11) is 0. The van der Waals surface area contributed by atoms with Crippen molar-refractivity contribution in [2.75, 3.05) is 24.7 Å². The summed E-state index contributed by atoms with van der Waals surface area (Å²) < 4.78 is 5.37. The lowest BCUT2D eigenvalue weighted by molar-refractivity contribution is -0.116. The van der Waals surface area contributed by atoms with Crippen molar-refractivity contribution in [2.24, 2.45) is 4.99 Å². The Kier molecular flexibility index (Phi) is 8.31. The molecule has 3 rings (SSSR count). The zero-order valence-electron chi connectivity index (χ0n) is 17.8. The molecule has 1 fully saturated rings. The number of aliphatic imine (C=N–C) groups is 1. The van der Waals surface area contributed by atoms with E-state index in [9.17, 15) is 14.7 Å². The third-order valence-electron chi connectivity index (χ3n) is 4.78. The van der Waals surface area contributed by atoms with Crippen molar-refractivity contribution in [1.29, 1.82) is 0 Å². The molecule has 170 valence electrons. The summed E-state index contributed by atoms with van der Waals surface area (Å²) >= 11 is 7.38. The highest BCUT2D eigenvalue weighted by molar-refractivity contribution is 8.16. The smallest absolute Gasteiger partial charge is 0.254 e. The molecule has 0 aromatic heterocycles. The molecule has 2 atom stereocenters. The van der Waals surface area contributed by atoms with Crippen LogP contribution in [0.4, 0.5) is 5.69 Å². The predicted molar refractivity (Wildman–Crippen MR) is 127 cm³/mol. The first-order valence-electron chi connectivity index (χ1n) is 10.2. The largest absolute Gasteiger partial charge is 0.489 e. The average Bonchev–Trinajstić information content (AvgIpc) is 3.12. The molecule has 1 aliphatic heterocycles. The Morgan fingerprint density at radius 2 is 2.06 bits per heavy atom. The van der Waals surface area contributed by atoms with Gasteiger partial charge in [-0.3, -0.25) is 19.5 Å². The summed E-state index contributed by atoms with van der Waals surface area (Å²) in [5.41, 5.74) is 1.89. The molecule has 7 nitrogen and oxygen atoms in total. The zero-order chi connectivity index (χ0) is 23.3. The number of carbonyl (C=O) groups excluding carboxylic acids is 2. The number of carbonyl (C=O) groups is 2. The maximum atomic E-state index is 13.3. The number of ether oxygens (including phenoxy) is 1. The highest BCUT2D eigenvalue weighted by Crippen LogP contribution is 2.36. The quantitative estimate of drug-likeness (QED) is 0.424. The number of aliphatic hydroxyl groups is 2. The minimum atomic E-state index is -1.03. The fourth-order valence-electron chi connectivity index (χ4n) is 3.10. The van der Waals surface area contributed by atoms with Crippen LogP contribution in [0, 0.1) is 6.92 Å². The maximum absolute atomic E-state index is 13.3. The number of aryl methyl sites for hydroxylation is 1. The standard InChI is InChI=1S/C23H25ClN2O5S/c1-3-10-25-23-26(18-7-5-4-6-14(18)2)22(30)21(32-23)20(29)15-8-9-19(17(24)11-15)31-13-16(28)12-27/h4-9,11,16,21,27-28H,3,10,12-13H2,1-2H3. The van der Waals surface area contributed by atoms with Crippen molar-refractivity contribution in [3.8, 4) is 5.75 Å². The molecule has 9 heteroatoms. The third kappa shape index (κ3) is 5.32. The first-order valence-corrected chi connectivity index (χ1v) is 11.5. The number of amides is 1. The van der Waals surface area contributed by atoms with Crippen LogP contribution in [0.15, 0.2) is 47.5 Å². The van der Waals surface area contributed by atoms with Gasteiger partial charge in [-0.2, -0.15) is 0 Å². The van der Waals surface area contributed by atoms with Crippen molar-refractivity contribution in [2.45, 2.75) is 31.6 Å². The van der Waals surface area contributed by atoms with Crippen molar-refractivity contribution in [1.82, 2.24) is 0 Å². The van der Waals surface area contributed by atoms with E-state index in [-0.39, 0.29) is 34.6 Å². The van der Waals surface area contributed by atoms with E-state index in [4.69, 9.17) is 21.4 Å². The number of Topliss-reactive ketones (excluding diaryl/α,β-unsaturated/α-hetero) is 1. The SMILES string of the molecule is CCCN=C1SC(C(=O)c2ccc(OCC(O)CO)c(Cl)c2)C(=O)N1c1ccccc1C. The van der Waals surface area contributed by atoms with Crippen LogP contribution in [0.1, 0.15) is 29.3 Å². The molecule has 2 N–H and O–H groups in total. The number of benzene rings is 2. The van der Waals surface area contributed by atoms with E-state index in [1.807, 2.05) is 38.1 Å². The lowest BCUT2D eigenvalue weighted by Gasteiger charge is -2.18. The van der Waals surface area contributed by atoms with E-state index in [1.54, 1.807) is 0 Å². The molecular formula is C23H25ClN2O5S. The summed E-state index contributed by atoms with van der Waals surface area (Å²) in [4.78, 5) is 32.6. The van der Waals surface area contributed by atoms with Crippen molar-refractivity contribution < 1.29 is 24.5 Å². The van der Waals surface area contributed by atoms with Gasteiger partial charge < -0.3 is 14.9 Å². The van der Waals surface area contributed by atoms with Gasteiger partial charge >= 0.3 is 0 Å². The molecule has 2 unspecified atom stereocenters. The fraction of sp³-hybridized carbons (Fsp3) is 0.348. The minimum Gasteiger partial charge on any atom is -0.489 e. The second-order valence-electron chi connectivity index (χ2n) is 7.28. The van der Waals surface area contributed by atoms with Gasteiger partial charge in [0.15, 0.2) is 16.2 Å². The van der Waals surface area contributed by atoms with Gasteiger partial charge in [0, 0.05) is 12.1 Å². The second-order valence-corrected chi connectivity index (χ2v) is 8.76. The summed E-state index contributed by atoms with van der Waals surface area (Å²) in [5.74, 6) is -0.441. The van der Waals surface area contributed by atoms with Gasteiger partial charge in [0.05, 0.1) is 17.3 Å². The molecular weight excluding hydrogens is 452 g/mol. The maximum Gasteiger partial charge on any atom is 0.254 e. The van der Waals surface area contributed by atoms with Crippen molar-refractivity contribution in [3.05, 3.63) is 58.6 Å². The van der Waals surface area contributed by atoms with Gasteiger partial charge in [0.25, 0.3) is 5.91 Å². The number of hydrogen-bond donors (Lipinski definition) is 2. The molecule has 0 spiro atoms. The van der Waals surface area contributed by atoms with Gasteiger partial charge in [-0.15, -0.1) is 0 Å². The highest BCUT2D eigenvalue weighted by Gasteiger charge is 2.44. The Hall–Kier alpha value is -2.39. The highest BCUT2D eigenvalue weighted by atomic mass is 35.5. The summed E-state index contributed by atoms with van der Waals surface area (Å²) in [6.07, 6.45) is -0.214. The molecule has 0 radical (unpaired) electrons. The number of ketones is 1. The predicted octanol–water partition coefficient (Wildman–Crippen LogP) is 3.48. The first-order chi connectivity index (χ1) is 15.4. The summed E-state index contributed by atoms with van der Waals surface area (Å²) in [5, 5.41) is 18.0. The Morgan fingerprint density at radius 1 is 1.31 bits per heavy atom. The Balaban J connectivity index is 1.86. The molecule has 2 aromatic rings. The molecule has 0 aliphatic carbocycles. The van der Waals surface area contributed by atoms with E-state index >= 15 is 0 Å². The van der Waals surface area contributed by atoms with Crippen LogP contribution in [0.3, 0.4) is 0 Å². The molecule has 0 saturated carbocycles. The number of amidine groups is 1.